The number of nitro groups is 1. The molecule has 0 aliphatic rings. The predicted octanol–water partition coefficient (Wildman–Crippen LogP) is 3.08. The van der Waals surface area contributed by atoms with E-state index < -0.39 is 16.8 Å². The highest BCUT2D eigenvalue weighted by Gasteiger charge is 2.29. The molecule has 0 saturated carbocycles. The third-order valence-electron chi connectivity index (χ3n) is 3.38. The molecule has 0 heterocycles. The van der Waals surface area contributed by atoms with Gasteiger partial charge in [0.2, 0.25) is 0 Å². The lowest BCUT2D eigenvalue weighted by molar-refractivity contribution is -0.386. The minimum atomic E-state index is -1.50. The summed E-state index contributed by atoms with van der Waals surface area (Å²) in [5.74, 6) is -0.471. The Morgan fingerprint density at radius 2 is 1.87 bits per heavy atom. The van der Waals surface area contributed by atoms with E-state index in [0.717, 1.165) is 0 Å². The van der Waals surface area contributed by atoms with E-state index in [-0.39, 0.29) is 22.6 Å². The molecule has 2 aromatic rings. The number of carbonyl (C=O) groups is 1. The van der Waals surface area contributed by atoms with E-state index >= 15 is 0 Å². The lowest BCUT2D eigenvalue weighted by Gasteiger charge is -2.15. The number of Topliss-reactive ketones (excluding diaryl/α,β-unsaturated/α-hetero) is 1. The number of nitro benzene ring substituents is 1. The quantitative estimate of drug-likeness (QED) is 0.383. The van der Waals surface area contributed by atoms with Crippen molar-refractivity contribution in [3.63, 3.8) is 0 Å². The van der Waals surface area contributed by atoms with Crippen molar-refractivity contribution >= 4 is 11.5 Å². The van der Waals surface area contributed by atoms with Crippen LogP contribution in [-0.4, -0.2) is 22.9 Å². The van der Waals surface area contributed by atoms with Crippen LogP contribution in [-0.2, 0) is 0 Å². The normalized spacial score (nSPS) is 11.6. The molecule has 118 valence electrons. The Kier molecular flexibility index (Phi) is 4.88. The smallest absolute Gasteiger partial charge is 0.317 e. The molecule has 0 aromatic heterocycles. The average Bonchev–Trinajstić information content (AvgIpc) is 2.59. The standard InChI is InChI=1S/C17H15NO5/c1-11(16(19)12-7-4-3-5-8-12)17(20)13-9-6-10-14(23-2)15(13)18(21)22/h3-10,17,20H,1H2,2H3. The van der Waals surface area contributed by atoms with Crippen LogP contribution in [0.15, 0.2) is 60.7 Å². The SMILES string of the molecule is C=C(C(=O)c1ccccc1)C(O)c1cccc(OC)c1[N+](=O)[O-]. The monoisotopic (exact) mass is 313 g/mol. The number of nitrogens with zero attached hydrogens (tertiary/aromatic N) is 1. The van der Waals surface area contributed by atoms with Crippen molar-refractivity contribution in [3.8, 4) is 5.75 Å². The number of aliphatic hydroxyl groups excluding tert-OH is 1. The molecule has 0 aliphatic carbocycles. The molecule has 0 spiro atoms. The van der Waals surface area contributed by atoms with Crippen LogP contribution >= 0.6 is 0 Å². The molecule has 6 nitrogen and oxygen atoms in total. The summed E-state index contributed by atoms with van der Waals surface area (Å²) in [6.07, 6.45) is -1.50. The number of hydrogen-bond acceptors (Lipinski definition) is 5. The van der Waals surface area contributed by atoms with Crippen LogP contribution in [0.1, 0.15) is 22.0 Å². The molecule has 23 heavy (non-hydrogen) atoms. The van der Waals surface area contributed by atoms with Crippen molar-refractivity contribution in [3.05, 3.63) is 81.9 Å². The first kappa shape index (κ1) is 16.4. The van der Waals surface area contributed by atoms with Crippen molar-refractivity contribution in [1.82, 2.24) is 0 Å². The Morgan fingerprint density at radius 1 is 1.22 bits per heavy atom. The first-order valence-corrected chi connectivity index (χ1v) is 6.75. The van der Waals surface area contributed by atoms with E-state index in [1.165, 1.54) is 25.3 Å². The van der Waals surface area contributed by atoms with Crippen molar-refractivity contribution in [2.75, 3.05) is 7.11 Å². The summed E-state index contributed by atoms with van der Waals surface area (Å²) in [6, 6.07) is 12.6. The van der Waals surface area contributed by atoms with Gasteiger partial charge >= 0.3 is 5.69 Å². The fraction of sp³-hybridized carbons (Fsp3) is 0.118. The van der Waals surface area contributed by atoms with Gasteiger partial charge in [0.1, 0.15) is 6.10 Å². The Balaban J connectivity index is 2.41. The number of aliphatic hydroxyl groups is 1. The van der Waals surface area contributed by atoms with Crippen molar-refractivity contribution in [1.29, 1.82) is 0 Å². The molecule has 1 atom stereocenters. The molecule has 0 radical (unpaired) electrons. The van der Waals surface area contributed by atoms with Crippen LogP contribution in [0.3, 0.4) is 0 Å². The molecule has 0 aliphatic heterocycles. The Labute approximate surface area is 132 Å². The van der Waals surface area contributed by atoms with Gasteiger partial charge in [-0.1, -0.05) is 43.0 Å². The van der Waals surface area contributed by atoms with Gasteiger partial charge in [0.05, 0.1) is 17.6 Å². The fourth-order valence-electron chi connectivity index (χ4n) is 2.21. The zero-order chi connectivity index (χ0) is 17.0. The zero-order valence-electron chi connectivity index (χ0n) is 12.4. The second-order valence-corrected chi connectivity index (χ2v) is 4.78. The van der Waals surface area contributed by atoms with Crippen molar-refractivity contribution < 1.29 is 19.6 Å². The van der Waals surface area contributed by atoms with Gasteiger partial charge in [-0.05, 0) is 12.1 Å². The summed E-state index contributed by atoms with van der Waals surface area (Å²) in [6.45, 7) is 3.60. The number of methoxy groups -OCH3 is 1. The third-order valence-corrected chi connectivity index (χ3v) is 3.38. The van der Waals surface area contributed by atoms with Crippen LogP contribution < -0.4 is 4.74 Å². The van der Waals surface area contributed by atoms with Gasteiger partial charge in [-0.2, -0.15) is 0 Å². The average molecular weight is 313 g/mol. The van der Waals surface area contributed by atoms with Crippen LogP contribution in [0, 0.1) is 10.1 Å². The van der Waals surface area contributed by atoms with Gasteiger partial charge in [-0.3, -0.25) is 14.9 Å². The second-order valence-electron chi connectivity index (χ2n) is 4.78. The maximum absolute atomic E-state index is 12.3. The summed E-state index contributed by atoms with van der Waals surface area (Å²) in [7, 11) is 1.29. The molecule has 0 amide bonds. The highest BCUT2D eigenvalue weighted by molar-refractivity contribution is 6.09. The number of ether oxygens (including phenoxy) is 1. The molecule has 6 heteroatoms. The van der Waals surface area contributed by atoms with E-state index in [9.17, 15) is 20.0 Å². The molecule has 0 saturated heterocycles. The maximum atomic E-state index is 12.3. The highest BCUT2D eigenvalue weighted by Crippen LogP contribution is 2.37. The number of para-hydroxylation sites is 1. The van der Waals surface area contributed by atoms with Crippen LogP contribution in [0.25, 0.3) is 0 Å². The van der Waals surface area contributed by atoms with Gasteiger partial charge in [-0.15, -0.1) is 0 Å². The molecule has 0 bridgehead atoms. The Morgan fingerprint density at radius 3 is 2.43 bits per heavy atom. The van der Waals surface area contributed by atoms with Gasteiger partial charge < -0.3 is 9.84 Å². The van der Waals surface area contributed by atoms with Crippen molar-refractivity contribution in [2.45, 2.75) is 6.10 Å². The Bertz CT molecular complexity index is 755. The minimum absolute atomic E-state index is 0.00603. The summed E-state index contributed by atoms with van der Waals surface area (Å²) in [5.41, 5.74) is -0.220. The zero-order valence-corrected chi connectivity index (χ0v) is 12.4. The molecule has 1 unspecified atom stereocenters. The number of ketones is 1. The summed E-state index contributed by atoms with van der Waals surface area (Å²) in [4.78, 5) is 22.9. The molecule has 0 fully saturated rings. The van der Waals surface area contributed by atoms with E-state index in [0.29, 0.717) is 5.56 Å². The molecular formula is C17H15NO5. The summed E-state index contributed by atoms with van der Waals surface area (Å²) in [5, 5.41) is 21.7. The Hall–Kier alpha value is -2.99. The van der Waals surface area contributed by atoms with Crippen LogP contribution in [0.5, 0.6) is 5.75 Å². The topological polar surface area (TPSA) is 89.7 Å². The van der Waals surface area contributed by atoms with E-state index in [1.807, 2.05) is 0 Å². The molecule has 2 rings (SSSR count). The first-order chi connectivity index (χ1) is 11.0. The van der Waals surface area contributed by atoms with E-state index in [1.54, 1.807) is 30.3 Å². The van der Waals surface area contributed by atoms with Crippen LogP contribution in [0.2, 0.25) is 0 Å². The number of carbonyl (C=O) groups excluding carboxylic acids is 1. The number of hydrogen-bond donors (Lipinski definition) is 1. The van der Waals surface area contributed by atoms with Crippen molar-refractivity contribution in [2.24, 2.45) is 0 Å². The summed E-state index contributed by atoms with van der Waals surface area (Å²) < 4.78 is 4.95. The van der Waals surface area contributed by atoms with Gasteiger partial charge in [0.15, 0.2) is 11.5 Å². The lowest BCUT2D eigenvalue weighted by atomic mass is 9.94. The highest BCUT2D eigenvalue weighted by atomic mass is 16.6. The van der Waals surface area contributed by atoms with Crippen LogP contribution in [0.4, 0.5) is 5.69 Å². The summed E-state index contributed by atoms with van der Waals surface area (Å²) >= 11 is 0. The van der Waals surface area contributed by atoms with Gasteiger partial charge in [-0.25, -0.2) is 0 Å². The van der Waals surface area contributed by atoms with Gasteiger partial charge in [0.25, 0.3) is 0 Å². The van der Waals surface area contributed by atoms with E-state index in [2.05, 4.69) is 6.58 Å². The first-order valence-electron chi connectivity index (χ1n) is 6.75. The number of benzene rings is 2. The number of rotatable bonds is 6. The minimum Gasteiger partial charge on any atom is -0.490 e. The maximum Gasteiger partial charge on any atom is 0.317 e. The largest absolute Gasteiger partial charge is 0.490 e. The third kappa shape index (κ3) is 3.27. The second kappa shape index (κ2) is 6.85. The molecule has 1 N–H and O–H groups in total. The fourth-order valence-corrected chi connectivity index (χ4v) is 2.21. The van der Waals surface area contributed by atoms with Gasteiger partial charge in [0, 0.05) is 11.1 Å². The lowest BCUT2D eigenvalue weighted by Crippen LogP contribution is -2.13. The molecule has 2 aromatic carbocycles. The molecular weight excluding hydrogens is 298 g/mol. The predicted molar refractivity (Wildman–Crippen MR) is 84.5 cm³/mol. The van der Waals surface area contributed by atoms with E-state index in [4.69, 9.17) is 4.74 Å².